The minimum atomic E-state index is -0.561. The molecule has 2 rings (SSSR count). The molecule has 2 heterocycles. The van der Waals surface area contributed by atoms with Crippen molar-refractivity contribution in [3.63, 3.8) is 0 Å². The van der Waals surface area contributed by atoms with Gasteiger partial charge in [0.15, 0.2) is 6.61 Å². The van der Waals surface area contributed by atoms with Crippen molar-refractivity contribution in [1.29, 1.82) is 0 Å². The van der Waals surface area contributed by atoms with Gasteiger partial charge in [0.2, 0.25) is 5.78 Å². The summed E-state index contributed by atoms with van der Waals surface area (Å²) in [4.78, 5) is 23.2. The summed E-state index contributed by atoms with van der Waals surface area (Å²) in [5, 5.41) is 3.20. The number of carbonyl (C=O) groups is 2. The van der Waals surface area contributed by atoms with E-state index in [-0.39, 0.29) is 30.6 Å². The Morgan fingerprint density at radius 1 is 1.62 bits per heavy atom. The Morgan fingerprint density at radius 3 is 3.06 bits per heavy atom. The quantitative estimate of drug-likeness (QED) is 0.547. The SMILES string of the molecule is CCOC(=O)C1=C(C2CCCN2)OCC1=O. The highest BCUT2D eigenvalue weighted by molar-refractivity contribution is 6.19. The van der Waals surface area contributed by atoms with Gasteiger partial charge in [-0.2, -0.15) is 0 Å². The molecule has 2 aliphatic heterocycles. The molecule has 2 aliphatic rings. The predicted molar refractivity (Wildman–Crippen MR) is 55.6 cm³/mol. The highest BCUT2D eigenvalue weighted by Gasteiger charge is 2.36. The van der Waals surface area contributed by atoms with Crippen LogP contribution in [0, 0.1) is 0 Å². The molecule has 1 unspecified atom stereocenters. The van der Waals surface area contributed by atoms with Gasteiger partial charge in [0.25, 0.3) is 0 Å². The Balaban J connectivity index is 2.22. The zero-order valence-corrected chi connectivity index (χ0v) is 9.25. The fraction of sp³-hybridized carbons (Fsp3) is 0.636. The summed E-state index contributed by atoms with van der Waals surface area (Å²) in [7, 11) is 0. The van der Waals surface area contributed by atoms with Crippen LogP contribution in [0.5, 0.6) is 0 Å². The lowest BCUT2D eigenvalue weighted by molar-refractivity contribution is -0.139. The molecule has 0 amide bonds. The van der Waals surface area contributed by atoms with Crippen molar-refractivity contribution in [3.8, 4) is 0 Å². The van der Waals surface area contributed by atoms with Crippen LogP contribution in [-0.2, 0) is 19.1 Å². The predicted octanol–water partition coefficient (Wildman–Crippen LogP) is 0.155. The van der Waals surface area contributed by atoms with Gasteiger partial charge in [0.1, 0.15) is 11.3 Å². The number of hydrogen-bond donors (Lipinski definition) is 1. The first kappa shape index (κ1) is 11.1. The number of esters is 1. The molecule has 5 nitrogen and oxygen atoms in total. The van der Waals surface area contributed by atoms with Gasteiger partial charge in [0, 0.05) is 0 Å². The highest BCUT2D eigenvalue weighted by atomic mass is 16.5. The topological polar surface area (TPSA) is 64.6 Å². The minimum Gasteiger partial charge on any atom is -0.487 e. The van der Waals surface area contributed by atoms with Crippen molar-refractivity contribution in [2.75, 3.05) is 19.8 Å². The molecule has 0 aromatic heterocycles. The molecule has 1 N–H and O–H groups in total. The number of Topliss-reactive ketones (excluding diaryl/α,β-unsaturated/α-hetero) is 1. The molecule has 5 heteroatoms. The van der Waals surface area contributed by atoms with E-state index in [0.29, 0.717) is 5.76 Å². The number of ether oxygens (including phenoxy) is 2. The highest BCUT2D eigenvalue weighted by Crippen LogP contribution is 2.25. The number of ketones is 1. The monoisotopic (exact) mass is 225 g/mol. The van der Waals surface area contributed by atoms with Gasteiger partial charge >= 0.3 is 5.97 Å². The molecule has 1 atom stereocenters. The van der Waals surface area contributed by atoms with Crippen LogP contribution >= 0.6 is 0 Å². The van der Waals surface area contributed by atoms with Crippen LogP contribution in [-0.4, -0.2) is 37.6 Å². The summed E-state index contributed by atoms with van der Waals surface area (Å²) in [5.41, 5.74) is 0.0984. The van der Waals surface area contributed by atoms with E-state index in [1.165, 1.54) is 0 Å². The van der Waals surface area contributed by atoms with Crippen LogP contribution in [0.3, 0.4) is 0 Å². The van der Waals surface area contributed by atoms with E-state index < -0.39 is 5.97 Å². The van der Waals surface area contributed by atoms with Crippen LogP contribution in [0.25, 0.3) is 0 Å². The molecule has 0 aromatic rings. The molecular weight excluding hydrogens is 210 g/mol. The van der Waals surface area contributed by atoms with Gasteiger partial charge < -0.3 is 14.8 Å². The lowest BCUT2D eigenvalue weighted by Gasteiger charge is -2.12. The second-order valence-electron chi connectivity index (χ2n) is 3.82. The summed E-state index contributed by atoms with van der Waals surface area (Å²) in [5.74, 6) is -0.364. The molecule has 0 bridgehead atoms. The molecule has 0 spiro atoms. The Hall–Kier alpha value is -1.36. The van der Waals surface area contributed by atoms with Gasteiger partial charge in [-0.15, -0.1) is 0 Å². The van der Waals surface area contributed by atoms with Gasteiger partial charge in [-0.1, -0.05) is 0 Å². The Bertz CT molecular complexity index is 342. The Kier molecular flexibility index (Phi) is 3.24. The summed E-state index contributed by atoms with van der Waals surface area (Å²) >= 11 is 0. The van der Waals surface area contributed by atoms with Crippen LogP contribution in [0.2, 0.25) is 0 Å². The van der Waals surface area contributed by atoms with Gasteiger partial charge in [-0.05, 0) is 26.3 Å². The van der Waals surface area contributed by atoms with Crippen molar-refractivity contribution in [2.24, 2.45) is 0 Å². The van der Waals surface area contributed by atoms with Crippen molar-refractivity contribution < 1.29 is 19.1 Å². The largest absolute Gasteiger partial charge is 0.487 e. The molecule has 0 saturated carbocycles. The first-order valence-corrected chi connectivity index (χ1v) is 5.54. The smallest absolute Gasteiger partial charge is 0.345 e. The van der Waals surface area contributed by atoms with Gasteiger partial charge in [0.05, 0.1) is 12.6 Å². The molecular formula is C11H15NO4. The van der Waals surface area contributed by atoms with E-state index in [4.69, 9.17) is 9.47 Å². The minimum absolute atomic E-state index is 0.00847. The maximum Gasteiger partial charge on any atom is 0.345 e. The lowest BCUT2D eigenvalue weighted by Crippen LogP contribution is -2.26. The van der Waals surface area contributed by atoms with Crippen LogP contribution in [0.4, 0.5) is 0 Å². The molecule has 88 valence electrons. The van der Waals surface area contributed by atoms with Crippen molar-refractivity contribution in [3.05, 3.63) is 11.3 Å². The fourth-order valence-electron chi connectivity index (χ4n) is 2.03. The van der Waals surface area contributed by atoms with E-state index in [0.717, 1.165) is 19.4 Å². The van der Waals surface area contributed by atoms with Crippen LogP contribution in [0.1, 0.15) is 19.8 Å². The number of carbonyl (C=O) groups excluding carboxylic acids is 2. The fourth-order valence-corrected chi connectivity index (χ4v) is 2.03. The molecule has 0 radical (unpaired) electrons. The summed E-state index contributed by atoms with van der Waals surface area (Å²) in [6.07, 6.45) is 1.92. The Labute approximate surface area is 93.8 Å². The van der Waals surface area contributed by atoms with Gasteiger partial charge in [-0.3, -0.25) is 4.79 Å². The maximum atomic E-state index is 11.6. The normalized spacial score (nSPS) is 24.8. The van der Waals surface area contributed by atoms with Crippen molar-refractivity contribution in [1.82, 2.24) is 5.32 Å². The van der Waals surface area contributed by atoms with E-state index in [1.807, 2.05) is 0 Å². The maximum absolute atomic E-state index is 11.6. The molecule has 0 aliphatic carbocycles. The van der Waals surface area contributed by atoms with Gasteiger partial charge in [-0.25, -0.2) is 4.79 Å². The van der Waals surface area contributed by atoms with E-state index in [2.05, 4.69) is 5.32 Å². The van der Waals surface area contributed by atoms with E-state index >= 15 is 0 Å². The number of rotatable bonds is 3. The first-order chi connectivity index (χ1) is 7.74. The van der Waals surface area contributed by atoms with Crippen molar-refractivity contribution >= 4 is 11.8 Å². The molecule has 1 fully saturated rings. The molecule has 0 aromatic carbocycles. The molecule has 1 saturated heterocycles. The number of hydrogen-bond acceptors (Lipinski definition) is 5. The van der Waals surface area contributed by atoms with E-state index in [1.54, 1.807) is 6.92 Å². The van der Waals surface area contributed by atoms with Crippen LogP contribution in [0.15, 0.2) is 11.3 Å². The zero-order chi connectivity index (χ0) is 11.5. The second kappa shape index (κ2) is 4.65. The Morgan fingerprint density at radius 2 is 2.44 bits per heavy atom. The third kappa shape index (κ3) is 1.95. The third-order valence-corrected chi connectivity index (χ3v) is 2.74. The van der Waals surface area contributed by atoms with Crippen LogP contribution < -0.4 is 5.32 Å². The molecule has 16 heavy (non-hydrogen) atoms. The zero-order valence-electron chi connectivity index (χ0n) is 9.25. The van der Waals surface area contributed by atoms with Crippen molar-refractivity contribution in [2.45, 2.75) is 25.8 Å². The average molecular weight is 225 g/mol. The lowest BCUT2D eigenvalue weighted by atomic mass is 10.1. The summed E-state index contributed by atoms with van der Waals surface area (Å²) in [6, 6.07) is -0.00847. The third-order valence-electron chi connectivity index (χ3n) is 2.74. The first-order valence-electron chi connectivity index (χ1n) is 5.54. The summed E-state index contributed by atoms with van der Waals surface area (Å²) in [6.45, 7) is 2.83. The average Bonchev–Trinajstić information content (AvgIpc) is 2.86. The van der Waals surface area contributed by atoms with E-state index in [9.17, 15) is 9.59 Å². The number of nitrogens with one attached hydrogen (secondary N) is 1. The summed E-state index contributed by atoms with van der Waals surface area (Å²) < 4.78 is 10.2. The second-order valence-corrected chi connectivity index (χ2v) is 3.82. The standard InChI is InChI=1S/C11H15NO4/c1-2-15-11(14)9-8(13)6-16-10(9)7-4-3-5-12-7/h7,12H,2-6H2,1H3.